The van der Waals surface area contributed by atoms with Gasteiger partial charge in [-0.05, 0) is 107 Å². The quantitative estimate of drug-likeness (QED) is 0.194. The number of anilines is 3. The first kappa shape index (κ1) is 25.8. The zero-order valence-electron chi connectivity index (χ0n) is 23.0. The lowest BCUT2D eigenvalue weighted by Crippen LogP contribution is -2.20. The zero-order valence-corrected chi connectivity index (χ0v) is 23.8. The third-order valence-corrected chi connectivity index (χ3v) is 8.95. The number of likely N-dealkylation sites (tertiary alicyclic amines) is 2. The van der Waals surface area contributed by atoms with Gasteiger partial charge in [0.15, 0.2) is 0 Å². The van der Waals surface area contributed by atoms with Gasteiger partial charge in [0.1, 0.15) is 17.1 Å². The number of halogens is 1. The molecule has 2 N–H and O–H groups in total. The lowest BCUT2D eigenvalue weighted by molar-refractivity contribution is 0.312. The van der Waals surface area contributed by atoms with E-state index in [1.807, 2.05) is 18.2 Å². The molecule has 7 nitrogen and oxygen atoms in total. The summed E-state index contributed by atoms with van der Waals surface area (Å²) >= 11 is 6.39. The Labute approximate surface area is 240 Å². The van der Waals surface area contributed by atoms with Crippen LogP contribution >= 0.6 is 11.6 Å². The van der Waals surface area contributed by atoms with E-state index in [1.54, 1.807) is 0 Å². The predicted molar refractivity (Wildman–Crippen MR) is 164 cm³/mol. The summed E-state index contributed by atoms with van der Waals surface area (Å²) in [6.07, 6.45) is 7.30. The lowest BCUT2D eigenvalue weighted by atomic mass is 10.0. The van der Waals surface area contributed by atoms with Gasteiger partial charge in [0.25, 0.3) is 0 Å². The van der Waals surface area contributed by atoms with Crippen LogP contribution in [0.5, 0.6) is 5.75 Å². The highest BCUT2D eigenvalue weighted by atomic mass is 35.5. The Morgan fingerprint density at radius 2 is 1.35 bits per heavy atom. The monoisotopic (exact) mass is 556 g/mol. The van der Waals surface area contributed by atoms with E-state index >= 15 is 0 Å². The molecule has 5 heterocycles. The van der Waals surface area contributed by atoms with Crippen LogP contribution in [0.25, 0.3) is 21.9 Å². The second-order valence-corrected chi connectivity index (χ2v) is 12.1. The number of fused-ring (bicyclic) bond motifs is 2. The molecule has 40 heavy (non-hydrogen) atoms. The molecule has 208 valence electrons. The highest BCUT2D eigenvalue weighted by molar-refractivity contribution is 6.31. The number of rotatable bonds is 7. The Bertz CT molecular complexity index is 1500. The van der Waals surface area contributed by atoms with Gasteiger partial charge in [-0.15, -0.1) is 0 Å². The fraction of sp³-hybridized carbons (Fsp3) is 0.438. The average molecular weight is 557 g/mol. The second-order valence-electron chi connectivity index (χ2n) is 11.6. The molecule has 3 fully saturated rings. The lowest BCUT2D eigenvalue weighted by Gasteiger charge is -2.22. The zero-order chi connectivity index (χ0) is 27.1. The normalized spacial score (nSPS) is 18.5. The van der Waals surface area contributed by atoms with E-state index in [0.29, 0.717) is 10.8 Å². The molecule has 3 aliphatic rings. The summed E-state index contributed by atoms with van der Waals surface area (Å²) in [7, 11) is 0. The van der Waals surface area contributed by atoms with Gasteiger partial charge in [-0.1, -0.05) is 11.6 Å². The van der Waals surface area contributed by atoms with E-state index in [1.165, 1.54) is 38.5 Å². The number of hydrogen-bond donors (Lipinski definition) is 2. The van der Waals surface area contributed by atoms with Gasteiger partial charge in [0, 0.05) is 53.4 Å². The number of phenolic OH excluding ortho intramolecular Hbond substituents is 1. The molecule has 4 aromatic rings. The SMILES string of the molecule is Oc1c(CN2CCCC2)cc(Nc2c3ccc(Cl)cc3nc3ccc(N4CCCC4)nc23)cc1CN1CCCC1. The molecule has 7 rings (SSSR count). The minimum atomic E-state index is 0.440. The van der Waals surface area contributed by atoms with Gasteiger partial charge in [-0.25, -0.2) is 9.97 Å². The van der Waals surface area contributed by atoms with Gasteiger partial charge in [-0.3, -0.25) is 9.80 Å². The van der Waals surface area contributed by atoms with Crippen LogP contribution in [0.4, 0.5) is 17.2 Å². The van der Waals surface area contributed by atoms with E-state index in [0.717, 1.165) is 103 Å². The highest BCUT2D eigenvalue weighted by Crippen LogP contribution is 2.37. The van der Waals surface area contributed by atoms with E-state index in [2.05, 4.69) is 44.3 Å². The van der Waals surface area contributed by atoms with Crippen molar-refractivity contribution in [2.45, 2.75) is 51.6 Å². The van der Waals surface area contributed by atoms with Crippen molar-refractivity contribution in [2.75, 3.05) is 49.5 Å². The Kier molecular flexibility index (Phi) is 7.12. The molecule has 0 amide bonds. The number of pyridine rings is 2. The van der Waals surface area contributed by atoms with Crippen LogP contribution in [-0.2, 0) is 13.1 Å². The van der Waals surface area contributed by atoms with Gasteiger partial charge in [0.05, 0.1) is 16.7 Å². The molecular formula is C32H37ClN6O. The van der Waals surface area contributed by atoms with Gasteiger partial charge < -0.3 is 15.3 Å². The summed E-state index contributed by atoms with van der Waals surface area (Å²) in [6.45, 7) is 7.94. The summed E-state index contributed by atoms with van der Waals surface area (Å²) in [4.78, 5) is 17.3. The van der Waals surface area contributed by atoms with Crippen molar-refractivity contribution in [1.82, 2.24) is 19.8 Å². The van der Waals surface area contributed by atoms with Crippen molar-refractivity contribution in [3.63, 3.8) is 0 Å². The number of phenols is 1. The molecule has 0 unspecified atom stereocenters. The molecular weight excluding hydrogens is 520 g/mol. The Hall–Kier alpha value is -3.13. The van der Waals surface area contributed by atoms with E-state index in [4.69, 9.17) is 21.6 Å². The van der Waals surface area contributed by atoms with Crippen LogP contribution in [0.2, 0.25) is 5.02 Å². The fourth-order valence-corrected chi connectivity index (χ4v) is 6.78. The minimum absolute atomic E-state index is 0.440. The smallest absolute Gasteiger partial charge is 0.129 e. The third kappa shape index (κ3) is 5.18. The fourth-order valence-electron chi connectivity index (χ4n) is 6.61. The van der Waals surface area contributed by atoms with Crippen LogP contribution in [-0.4, -0.2) is 64.1 Å². The van der Waals surface area contributed by atoms with Crippen molar-refractivity contribution in [3.8, 4) is 5.75 Å². The summed E-state index contributed by atoms with van der Waals surface area (Å²) in [5, 5.41) is 16.8. The number of hydrogen-bond acceptors (Lipinski definition) is 7. The molecule has 2 aromatic heterocycles. The molecule has 0 aliphatic carbocycles. The molecule has 0 radical (unpaired) electrons. The Morgan fingerprint density at radius 1 is 0.725 bits per heavy atom. The van der Waals surface area contributed by atoms with Crippen LogP contribution < -0.4 is 10.2 Å². The second kappa shape index (κ2) is 11.0. The van der Waals surface area contributed by atoms with Crippen LogP contribution in [0.3, 0.4) is 0 Å². The first-order chi connectivity index (χ1) is 19.6. The van der Waals surface area contributed by atoms with Gasteiger partial charge in [0.2, 0.25) is 0 Å². The maximum Gasteiger partial charge on any atom is 0.129 e. The summed E-state index contributed by atoms with van der Waals surface area (Å²) in [5.74, 6) is 1.44. The highest BCUT2D eigenvalue weighted by Gasteiger charge is 2.21. The molecule has 8 heteroatoms. The van der Waals surface area contributed by atoms with Crippen molar-refractivity contribution in [3.05, 3.63) is 58.6 Å². The Morgan fingerprint density at radius 3 is 2.00 bits per heavy atom. The maximum absolute atomic E-state index is 11.4. The van der Waals surface area contributed by atoms with Crippen LogP contribution in [0.15, 0.2) is 42.5 Å². The third-order valence-electron chi connectivity index (χ3n) is 8.72. The standard InChI is InChI=1S/C32H37ClN6O/c33-24-7-8-26-28(19-24)35-27-9-10-29(39-15-5-6-16-39)36-31(27)30(26)34-25-17-22(20-37-11-1-2-12-37)32(40)23(18-25)21-38-13-3-4-14-38/h7-10,17-19,40H,1-6,11-16,20-21H2,(H,34,35). The van der Waals surface area contributed by atoms with Crippen molar-refractivity contribution < 1.29 is 5.11 Å². The van der Waals surface area contributed by atoms with Gasteiger partial charge in [-0.2, -0.15) is 0 Å². The van der Waals surface area contributed by atoms with Crippen molar-refractivity contribution >= 4 is 50.7 Å². The molecule has 2 aromatic carbocycles. The molecule has 0 atom stereocenters. The number of nitrogens with one attached hydrogen (secondary N) is 1. The largest absolute Gasteiger partial charge is 0.507 e. The van der Waals surface area contributed by atoms with Crippen LogP contribution in [0.1, 0.15) is 49.7 Å². The molecule has 0 saturated carbocycles. The average Bonchev–Trinajstić information content (AvgIpc) is 3.75. The number of aromatic nitrogens is 2. The summed E-state index contributed by atoms with van der Waals surface area (Å²) in [5.41, 5.74) is 6.41. The maximum atomic E-state index is 11.4. The Balaban J connectivity index is 1.34. The topological polar surface area (TPSA) is 67.8 Å². The van der Waals surface area contributed by atoms with Crippen molar-refractivity contribution in [1.29, 1.82) is 0 Å². The number of aromatic hydroxyl groups is 1. The van der Waals surface area contributed by atoms with Crippen molar-refractivity contribution in [2.24, 2.45) is 0 Å². The van der Waals surface area contributed by atoms with Gasteiger partial charge >= 0.3 is 0 Å². The predicted octanol–water partition coefficient (Wildman–Crippen LogP) is 6.68. The molecule has 0 spiro atoms. The summed E-state index contributed by atoms with van der Waals surface area (Å²) < 4.78 is 0. The first-order valence-corrected chi connectivity index (χ1v) is 15.2. The number of benzene rings is 2. The summed E-state index contributed by atoms with van der Waals surface area (Å²) in [6, 6.07) is 14.3. The molecule has 0 bridgehead atoms. The molecule has 3 aliphatic heterocycles. The minimum Gasteiger partial charge on any atom is -0.507 e. The van der Waals surface area contributed by atoms with E-state index in [-0.39, 0.29) is 0 Å². The number of nitrogens with zero attached hydrogens (tertiary/aromatic N) is 5. The van der Waals surface area contributed by atoms with E-state index in [9.17, 15) is 5.11 Å². The molecule has 3 saturated heterocycles. The van der Waals surface area contributed by atoms with Crippen LogP contribution in [0, 0.1) is 0 Å². The van der Waals surface area contributed by atoms with E-state index < -0.39 is 0 Å². The first-order valence-electron chi connectivity index (χ1n) is 14.8.